The Balaban J connectivity index is 2.19. The van der Waals surface area contributed by atoms with E-state index in [1.165, 1.54) is 0 Å². The molecule has 1 aromatic heterocycles. The predicted molar refractivity (Wildman–Crippen MR) is 42.0 cm³/mol. The first-order valence-electron chi connectivity index (χ1n) is 3.65. The van der Waals surface area contributed by atoms with Crippen molar-refractivity contribution in [2.24, 2.45) is 0 Å². The number of rotatable bonds is 1. The van der Waals surface area contributed by atoms with Crippen molar-refractivity contribution in [2.45, 2.75) is 12.3 Å². The molecular weight excluding hydrogens is 138 g/mol. The van der Waals surface area contributed by atoms with Gasteiger partial charge in [0.05, 0.1) is 0 Å². The van der Waals surface area contributed by atoms with E-state index in [4.69, 9.17) is 0 Å². The maximum absolute atomic E-state index is 4.09. The number of allylic oxidation sites excluding steroid dienone is 4. The fourth-order valence-corrected chi connectivity index (χ4v) is 1.18. The second-order valence-electron chi connectivity index (χ2n) is 2.53. The van der Waals surface area contributed by atoms with Crippen LogP contribution in [0.1, 0.15) is 18.2 Å². The van der Waals surface area contributed by atoms with Crippen LogP contribution >= 0.6 is 0 Å². The van der Waals surface area contributed by atoms with Crippen LogP contribution in [0.3, 0.4) is 0 Å². The minimum Gasteiger partial charge on any atom is -0.263 e. The fourth-order valence-electron chi connectivity index (χ4n) is 1.18. The Bertz CT molecular complexity index is 272. The normalized spacial score (nSPS) is 22.4. The van der Waals surface area contributed by atoms with E-state index in [0.29, 0.717) is 5.92 Å². The van der Waals surface area contributed by atoms with E-state index in [-0.39, 0.29) is 0 Å². The maximum atomic E-state index is 4.09. The van der Waals surface area contributed by atoms with Gasteiger partial charge in [-0.2, -0.15) is 5.10 Å². The van der Waals surface area contributed by atoms with Gasteiger partial charge in [-0.15, -0.1) is 0 Å². The van der Waals surface area contributed by atoms with Crippen molar-refractivity contribution in [3.05, 3.63) is 36.5 Å². The highest BCUT2D eigenvalue weighted by Crippen LogP contribution is 2.19. The summed E-state index contributed by atoms with van der Waals surface area (Å²) in [6.45, 7) is 0. The highest BCUT2D eigenvalue weighted by molar-refractivity contribution is 5.18. The third-order valence-electron chi connectivity index (χ3n) is 1.77. The number of hydrogen-bond acceptors (Lipinski definition) is 2. The van der Waals surface area contributed by atoms with E-state index in [1.807, 2.05) is 12.2 Å². The van der Waals surface area contributed by atoms with Crippen molar-refractivity contribution in [1.82, 2.24) is 15.2 Å². The van der Waals surface area contributed by atoms with E-state index >= 15 is 0 Å². The van der Waals surface area contributed by atoms with Gasteiger partial charge >= 0.3 is 0 Å². The quantitative estimate of drug-likeness (QED) is 0.652. The molecule has 56 valence electrons. The number of hydrogen-bond donors (Lipinski definition) is 1. The zero-order chi connectivity index (χ0) is 7.52. The Labute approximate surface area is 64.9 Å². The maximum Gasteiger partial charge on any atom is 0.137 e. The summed E-state index contributed by atoms with van der Waals surface area (Å²) in [5, 5.41) is 6.66. The van der Waals surface area contributed by atoms with Crippen molar-refractivity contribution in [1.29, 1.82) is 0 Å². The van der Waals surface area contributed by atoms with Crippen LogP contribution in [0.25, 0.3) is 0 Å². The van der Waals surface area contributed by atoms with Gasteiger partial charge in [-0.3, -0.25) is 5.10 Å². The molecule has 11 heavy (non-hydrogen) atoms. The lowest BCUT2D eigenvalue weighted by Crippen LogP contribution is -1.98. The van der Waals surface area contributed by atoms with Crippen molar-refractivity contribution >= 4 is 0 Å². The SMILES string of the molecule is C1=CCC(c2ncn[nH]2)C=C1. The van der Waals surface area contributed by atoms with Crippen LogP contribution in [0.4, 0.5) is 0 Å². The van der Waals surface area contributed by atoms with Gasteiger partial charge in [0.25, 0.3) is 0 Å². The smallest absolute Gasteiger partial charge is 0.137 e. The molecule has 1 aliphatic rings. The number of nitrogens with one attached hydrogen (secondary N) is 1. The third-order valence-corrected chi connectivity index (χ3v) is 1.77. The molecule has 0 aromatic carbocycles. The van der Waals surface area contributed by atoms with E-state index in [9.17, 15) is 0 Å². The van der Waals surface area contributed by atoms with Gasteiger partial charge in [0, 0.05) is 5.92 Å². The van der Waals surface area contributed by atoms with Crippen LogP contribution in [0.5, 0.6) is 0 Å². The third kappa shape index (κ3) is 1.22. The number of nitrogens with zero attached hydrogens (tertiary/aromatic N) is 2. The van der Waals surface area contributed by atoms with Gasteiger partial charge in [0.15, 0.2) is 0 Å². The molecule has 0 saturated heterocycles. The van der Waals surface area contributed by atoms with Crippen molar-refractivity contribution in [2.75, 3.05) is 0 Å². The number of H-pyrrole nitrogens is 1. The first-order valence-corrected chi connectivity index (χ1v) is 3.65. The second kappa shape index (κ2) is 2.70. The van der Waals surface area contributed by atoms with Gasteiger partial charge in [-0.1, -0.05) is 24.3 Å². The lowest BCUT2D eigenvalue weighted by Gasteiger charge is -2.07. The van der Waals surface area contributed by atoms with Gasteiger partial charge in [-0.25, -0.2) is 4.98 Å². The van der Waals surface area contributed by atoms with Crippen LogP contribution < -0.4 is 0 Å². The van der Waals surface area contributed by atoms with E-state index in [2.05, 4.69) is 27.3 Å². The lowest BCUT2D eigenvalue weighted by atomic mass is 10.0. The van der Waals surface area contributed by atoms with E-state index in [1.54, 1.807) is 6.33 Å². The number of aromatic nitrogens is 3. The van der Waals surface area contributed by atoms with Gasteiger partial charge in [0.2, 0.25) is 0 Å². The van der Waals surface area contributed by atoms with Crippen LogP contribution in [-0.2, 0) is 0 Å². The Kier molecular flexibility index (Phi) is 1.55. The first-order chi connectivity index (χ1) is 5.47. The van der Waals surface area contributed by atoms with Gasteiger partial charge < -0.3 is 0 Å². The zero-order valence-electron chi connectivity index (χ0n) is 6.07. The summed E-state index contributed by atoms with van der Waals surface area (Å²) in [6.07, 6.45) is 10.9. The molecular formula is C8H9N3. The average Bonchev–Trinajstić information content (AvgIpc) is 2.58. The predicted octanol–water partition coefficient (Wildman–Crippen LogP) is 1.40. The molecule has 0 amide bonds. The monoisotopic (exact) mass is 147 g/mol. The van der Waals surface area contributed by atoms with Crippen LogP contribution in [0.15, 0.2) is 30.6 Å². The van der Waals surface area contributed by atoms with Crippen LogP contribution in [-0.4, -0.2) is 15.2 Å². The molecule has 0 radical (unpaired) electrons. The summed E-state index contributed by atoms with van der Waals surface area (Å²) in [4.78, 5) is 4.09. The Hall–Kier alpha value is -1.38. The second-order valence-corrected chi connectivity index (χ2v) is 2.53. The highest BCUT2D eigenvalue weighted by atomic mass is 15.2. The standard InChI is InChI=1S/C8H9N3/c1-2-4-7(5-3-1)8-9-6-10-11-8/h1-4,6-7H,5H2,(H,9,10,11). The van der Waals surface area contributed by atoms with Crippen molar-refractivity contribution < 1.29 is 0 Å². The molecule has 1 aromatic rings. The molecule has 1 atom stereocenters. The first kappa shape index (κ1) is 6.34. The molecule has 0 fully saturated rings. The van der Waals surface area contributed by atoms with Crippen molar-refractivity contribution in [3.8, 4) is 0 Å². The van der Waals surface area contributed by atoms with Crippen molar-refractivity contribution in [3.63, 3.8) is 0 Å². The molecule has 3 nitrogen and oxygen atoms in total. The molecule has 1 unspecified atom stereocenters. The molecule has 3 heteroatoms. The molecule has 0 bridgehead atoms. The largest absolute Gasteiger partial charge is 0.263 e. The Morgan fingerprint density at radius 3 is 3.09 bits per heavy atom. The topological polar surface area (TPSA) is 41.6 Å². The summed E-state index contributed by atoms with van der Waals surface area (Å²) in [5.41, 5.74) is 0. The van der Waals surface area contributed by atoms with Crippen LogP contribution in [0, 0.1) is 0 Å². The minimum absolute atomic E-state index is 0.391. The minimum atomic E-state index is 0.391. The molecule has 2 rings (SSSR count). The van der Waals surface area contributed by atoms with Crippen LogP contribution in [0.2, 0.25) is 0 Å². The van der Waals surface area contributed by atoms with E-state index < -0.39 is 0 Å². The zero-order valence-corrected chi connectivity index (χ0v) is 6.07. The Morgan fingerprint density at radius 1 is 1.45 bits per heavy atom. The summed E-state index contributed by atoms with van der Waals surface area (Å²) in [5.74, 6) is 1.34. The molecule has 0 aliphatic heterocycles. The molecule has 1 heterocycles. The van der Waals surface area contributed by atoms with Gasteiger partial charge in [0.1, 0.15) is 12.2 Å². The lowest BCUT2D eigenvalue weighted by molar-refractivity contribution is 0.778. The molecule has 1 aliphatic carbocycles. The summed E-state index contributed by atoms with van der Waals surface area (Å²) < 4.78 is 0. The fraction of sp³-hybridized carbons (Fsp3) is 0.250. The molecule has 1 N–H and O–H groups in total. The molecule has 0 saturated carbocycles. The van der Waals surface area contributed by atoms with E-state index in [0.717, 1.165) is 12.2 Å². The summed E-state index contributed by atoms with van der Waals surface area (Å²) >= 11 is 0. The molecule has 0 spiro atoms. The highest BCUT2D eigenvalue weighted by Gasteiger charge is 2.09. The van der Waals surface area contributed by atoms with Gasteiger partial charge in [-0.05, 0) is 6.42 Å². The Morgan fingerprint density at radius 2 is 2.45 bits per heavy atom. The summed E-state index contributed by atoms with van der Waals surface area (Å²) in [7, 11) is 0. The average molecular weight is 147 g/mol. The summed E-state index contributed by atoms with van der Waals surface area (Å²) in [6, 6.07) is 0. The number of aromatic amines is 1.